The first-order valence-electron chi connectivity index (χ1n) is 4.65. The fourth-order valence-corrected chi connectivity index (χ4v) is 0.972. The van der Waals surface area contributed by atoms with E-state index in [9.17, 15) is 14.7 Å². The van der Waals surface area contributed by atoms with Crippen LogP contribution in [0.25, 0.3) is 5.76 Å². The zero-order valence-electron chi connectivity index (χ0n) is 8.67. The number of rotatable bonds is 4. The maximum absolute atomic E-state index is 11.4. The zero-order chi connectivity index (χ0) is 12.0. The van der Waals surface area contributed by atoms with Crippen LogP contribution in [0.15, 0.2) is 30.6 Å². The molecule has 0 fully saturated rings. The maximum atomic E-state index is 11.4. The molecule has 0 spiro atoms. The average molecular weight is 220 g/mol. The molecule has 0 bridgehead atoms. The standard InChI is InChI=1S/C11H11NO4/c1-2-16-11(15)10(14)6-9(13)8-4-3-5-12-7-8/h3-7,13H,2H2,1H3/p-1/b9-6-. The van der Waals surface area contributed by atoms with Crippen molar-refractivity contribution >= 4 is 17.5 Å². The molecule has 0 N–H and O–H groups in total. The second-order valence-corrected chi connectivity index (χ2v) is 2.84. The average Bonchev–Trinajstić information content (AvgIpc) is 2.30. The van der Waals surface area contributed by atoms with Gasteiger partial charge in [0.05, 0.1) is 6.61 Å². The summed E-state index contributed by atoms with van der Waals surface area (Å²) in [5.74, 6) is -2.55. The lowest BCUT2D eigenvalue weighted by Gasteiger charge is -2.10. The van der Waals surface area contributed by atoms with Crippen LogP contribution >= 0.6 is 0 Å². The zero-order valence-corrected chi connectivity index (χ0v) is 8.67. The summed E-state index contributed by atoms with van der Waals surface area (Å²) in [4.78, 5) is 25.8. The van der Waals surface area contributed by atoms with Crippen molar-refractivity contribution < 1.29 is 19.4 Å². The van der Waals surface area contributed by atoms with E-state index in [0.717, 1.165) is 0 Å². The van der Waals surface area contributed by atoms with Gasteiger partial charge in [-0.3, -0.25) is 9.78 Å². The van der Waals surface area contributed by atoms with Gasteiger partial charge >= 0.3 is 5.97 Å². The normalized spacial score (nSPS) is 10.9. The summed E-state index contributed by atoms with van der Waals surface area (Å²) in [5, 5.41) is 11.4. The topological polar surface area (TPSA) is 79.3 Å². The van der Waals surface area contributed by atoms with Crippen molar-refractivity contribution in [1.29, 1.82) is 0 Å². The number of pyridine rings is 1. The van der Waals surface area contributed by atoms with E-state index in [1.807, 2.05) is 0 Å². The molecule has 84 valence electrons. The SMILES string of the molecule is CCOC(=O)C(=O)/C=C(\[O-])c1cccnc1. The van der Waals surface area contributed by atoms with Crippen molar-refractivity contribution in [3.63, 3.8) is 0 Å². The van der Waals surface area contributed by atoms with Crippen molar-refractivity contribution in [3.8, 4) is 0 Å². The Morgan fingerprint density at radius 3 is 2.88 bits per heavy atom. The molecule has 1 aromatic heterocycles. The monoisotopic (exact) mass is 220 g/mol. The fourth-order valence-electron chi connectivity index (χ4n) is 0.972. The minimum Gasteiger partial charge on any atom is -0.872 e. The van der Waals surface area contributed by atoms with Crippen LogP contribution < -0.4 is 5.11 Å². The molecule has 16 heavy (non-hydrogen) atoms. The lowest BCUT2D eigenvalue weighted by Crippen LogP contribution is -2.17. The highest BCUT2D eigenvalue weighted by atomic mass is 16.5. The molecule has 0 saturated heterocycles. The van der Waals surface area contributed by atoms with Crippen molar-refractivity contribution in [1.82, 2.24) is 4.98 Å². The molecule has 1 rings (SSSR count). The minimum absolute atomic E-state index is 0.0967. The van der Waals surface area contributed by atoms with Gasteiger partial charge < -0.3 is 9.84 Å². The summed E-state index contributed by atoms with van der Waals surface area (Å²) in [6.07, 6.45) is 3.52. The van der Waals surface area contributed by atoms with Gasteiger partial charge in [-0.1, -0.05) is 11.8 Å². The molecule has 0 aliphatic rings. The van der Waals surface area contributed by atoms with Crippen LogP contribution in [0.1, 0.15) is 12.5 Å². The molecule has 0 radical (unpaired) electrons. The number of hydrogen-bond donors (Lipinski definition) is 0. The number of hydrogen-bond acceptors (Lipinski definition) is 5. The Morgan fingerprint density at radius 2 is 2.31 bits per heavy atom. The molecular weight excluding hydrogens is 210 g/mol. The Labute approximate surface area is 92.4 Å². The van der Waals surface area contributed by atoms with Gasteiger partial charge in [-0.25, -0.2) is 4.79 Å². The summed E-state index contributed by atoms with van der Waals surface area (Å²) in [7, 11) is 0. The fraction of sp³-hybridized carbons (Fsp3) is 0.182. The van der Waals surface area contributed by atoms with Crippen LogP contribution in [-0.2, 0) is 14.3 Å². The minimum atomic E-state index is -1.03. The molecule has 0 unspecified atom stereocenters. The summed E-state index contributed by atoms with van der Waals surface area (Å²) in [5.41, 5.74) is 0.250. The van der Waals surface area contributed by atoms with Gasteiger partial charge in [0, 0.05) is 12.4 Å². The van der Waals surface area contributed by atoms with Crippen LogP contribution in [0.2, 0.25) is 0 Å². The van der Waals surface area contributed by atoms with Gasteiger partial charge in [0.25, 0.3) is 5.78 Å². The van der Waals surface area contributed by atoms with Gasteiger partial charge in [0.2, 0.25) is 0 Å². The number of nitrogens with zero attached hydrogens (tertiary/aromatic N) is 1. The Bertz CT molecular complexity index is 411. The Kier molecular flexibility index (Phi) is 4.20. The van der Waals surface area contributed by atoms with Crippen molar-refractivity contribution in [3.05, 3.63) is 36.2 Å². The van der Waals surface area contributed by atoms with Crippen LogP contribution in [0.5, 0.6) is 0 Å². The number of aromatic nitrogens is 1. The first kappa shape index (κ1) is 11.9. The van der Waals surface area contributed by atoms with Crippen molar-refractivity contribution in [2.75, 3.05) is 6.61 Å². The van der Waals surface area contributed by atoms with E-state index < -0.39 is 17.5 Å². The molecule has 0 amide bonds. The summed E-state index contributed by atoms with van der Waals surface area (Å²) in [6.45, 7) is 1.67. The van der Waals surface area contributed by atoms with E-state index in [2.05, 4.69) is 9.72 Å². The molecule has 0 aliphatic heterocycles. The second kappa shape index (κ2) is 5.65. The number of carbonyl (C=O) groups excluding carboxylic acids is 2. The number of carbonyl (C=O) groups is 2. The van der Waals surface area contributed by atoms with Gasteiger partial charge in [-0.15, -0.1) is 0 Å². The van der Waals surface area contributed by atoms with E-state index in [-0.39, 0.29) is 12.2 Å². The van der Waals surface area contributed by atoms with Crippen LogP contribution in [-0.4, -0.2) is 23.3 Å². The molecule has 0 saturated carbocycles. The lowest BCUT2D eigenvalue weighted by atomic mass is 10.2. The third-order valence-electron chi connectivity index (χ3n) is 1.68. The van der Waals surface area contributed by atoms with E-state index >= 15 is 0 Å². The molecular formula is C11H10NO4-. The predicted octanol–water partition coefficient (Wildman–Crippen LogP) is -0.0850. The van der Waals surface area contributed by atoms with Crippen LogP contribution in [0.4, 0.5) is 0 Å². The predicted molar refractivity (Wildman–Crippen MR) is 53.9 cm³/mol. The molecule has 1 aromatic rings. The molecule has 0 aromatic carbocycles. The summed E-state index contributed by atoms with van der Waals surface area (Å²) < 4.78 is 4.45. The summed E-state index contributed by atoms with van der Waals surface area (Å²) in [6, 6.07) is 3.07. The van der Waals surface area contributed by atoms with Gasteiger partial charge in [-0.2, -0.15) is 0 Å². The Morgan fingerprint density at radius 1 is 1.56 bits per heavy atom. The van der Waals surface area contributed by atoms with Crippen LogP contribution in [0.3, 0.4) is 0 Å². The third kappa shape index (κ3) is 3.20. The largest absolute Gasteiger partial charge is 0.872 e. The highest BCUT2D eigenvalue weighted by molar-refractivity contribution is 6.39. The van der Waals surface area contributed by atoms with Gasteiger partial charge in [0.15, 0.2) is 0 Å². The van der Waals surface area contributed by atoms with Crippen molar-refractivity contribution in [2.45, 2.75) is 6.92 Å². The van der Waals surface area contributed by atoms with Gasteiger partial charge in [0.1, 0.15) is 0 Å². The Balaban J connectivity index is 2.78. The van der Waals surface area contributed by atoms with E-state index in [1.165, 1.54) is 18.5 Å². The lowest BCUT2D eigenvalue weighted by molar-refractivity contribution is -0.244. The molecule has 5 heteroatoms. The first-order valence-corrected chi connectivity index (χ1v) is 4.65. The van der Waals surface area contributed by atoms with Crippen molar-refractivity contribution in [2.24, 2.45) is 0 Å². The highest BCUT2D eigenvalue weighted by Crippen LogP contribution is 2.05. The molecule has 0 aliphatic carbocycles. The highest BCUT2D eigenvalue weighted by Gasteiger charge is 2.10. The smallest absolute Gasteiger partial charge is 0.378 e. The number of esters is 1. The second-order valence-electron chi connectivity index (χ2n) is 2.84. The quantitative estimate of drug-likeness (QED) is 0.307. The van der Waals surface area contributed by atoms with E-state index in [4.69, 9.17) is 0 Å². The third-order valence-corrected chi connectivity index (χ3v) is 1.68. The summed E-state index contributed by atoms with van der Waals surface area (Å²) >= 11 is 0. The van der Waals surface area contributed by atoms with E-state index in [0.29, 0.717) is 6.08 Å². The first-order chi connectivity index (χ1) is 7.65. The molecule has 0 atom stereocenters. The van der Waals surface area contributed by atoms with E-state index in [1.54, 1.807) is 13.0 Å². The number of ketones is 1. The Hall–Kier alpha value is -2.17. The maximum Gasteiger partial charge on any atom is 0.378 e. The van der Waals surface area contributed by atoms with Gasteiger partial charge in [-0.05, 0) is 24.6 Å². The molecule has 1 heterocycles. The number of ether oxygens (including phenoxy) is 1. The molecule has 5 nitrogen and oxygen atoms in total. The van der Waals surface area contributed by atoms with Crippen LogP contribution in [0, 0.1) is 0 Å².